The summed E-state index contributed by atoms with van der Waals surface area (Å²) in [5, 5.41) is 4.60. The smallest absolute Gasteiger partial charge is 0.324 e. The van der Waals surface area contributed by atoms with E-state index in [9.17, 15) is 14.4 Å². The van der Waals surface area contributed by atoms with Gasteiger partial charge in [0.2, 0.25) is 5.91 Å². The number of fused-ring (bicyclic) bond motifs is 1. The Morgan fingerprint density at radius 1 is 1.06 bits per heavy atom. The number of benzene rings is 2. The summed E-state index contributed by atoms with van der Waals surface area (Å²) in [4.78, 5) is 40.2. The normalized spacial score (nSPS) is 11.1. The van der Waals surface area contributed by atoms with Gasteiger partial charge in [-0.3, -0.25) is 14.2 Å². The van der Waals surface area contributed by atoms with Crippen LogP contribution in [0.15, 0.2) is 68.4 Å². The molecule has 0 spiro atoms. The van der Waals surface area contributed by atoms with Crippen LogP contribution in [0.1, 0.15) is 11.1 Å². The van der Waals surface area contributed by atoms with E-state index in [0.29, 0.717) is 21.6 Å². The first-order valence-electron chi connectivity index (χ1n) is 9.63. The van der Waals surface area contributed by atoms with Gasteiger partial charge in [-0.05, 0) is 73.0 Å². The van der Waals surface area contributed by atoms with Gasteiger partial charge in [0, 0.05) is 10.6 Å². The molecule has 2 heterocycles. The Labute approximate surface area is 187 Å². The molecule has 4 aromatic rings. The van der Waals surface area contributed by atoms with Crippen LogP contribution in [-0.4, -0.2) is 21.3 Å². The lowest BCUT2D eigenvalue weighted by molar-refractivity contribution is -0.116. The molecule has 0 saturated carbocycles. The van der Waals surface area contributed by atoms with Crippen LogP contribution in [0.2, 0.25) is 0 Å². The minimum atomic E-state index is -0.535. The number of aryl methyl sites for hydroxylation is 2. The predicted molar refractivity (Wildman–Crippen MR) is 128 cm³/mol. The number of hydrogen-bond acceptors (Lipinski definition) is 5. The van der Waals surface area contributed by atoms with Crippen LogP contribution in [0.25, 0.3) is 15.9 Å². The average Bonchev–Trinajstić information content (AvgIpc) is 3.24. The van der Waals surface area contributed by atoms with Gasteiger partial charge in [-0.15, -0.1) is 23.1 Å². The lowest BCUT2D eigenvalue weighted by atomic mass is 10.1. The van der Waals surface area contributed by atoms with Gasteiger partial charge in [-0.2, -0.15) is 0 Å². The number of thioether (sulfide) groups is 1. The molecule has 4 rings (SSSR count). The third-order valence-electron chi connectivity index (χ3n) is 5.16. The molecule has 1 amide bonds. The van der Waals surface area contributed by atoms with Gasteiger partial charge in [0.1, 0.15) is 11.2 Å². The van der Waals surface area contributed by atoms with Gasteiger partial charge in [0.25, 0.3) is 5.56 Å². The van der Waals surface area contributed by atoms with Crippen molar-refractivity contribution in [1.82, 2.24) is 9.13 Å². The molecule has 0 fully saturated rings. The maximum absolute atomic E-state index is 13.3. The maximum Gasteiger partial charge on any atom is 0.336 e. The summed E-state index contributed by atoms with van der Waals surface area (Å²) < 4.78 is 2.94. The summed E-state index contributed by atoms with van der Waals surface area (Å²) in [6, 6.07) is 14.7. The van der Waals surface area contributed by atoms with Crippen LogP contribution in [0, 0.1) is 13.8 Å². The standard InChI is InChI=1S/C23H21N3O3S2/c1-14-7-8-17(11-15(14)2)26-22(28)21-19(9-10-31-21)25(23(26)29)13-20(27)24-16-5-4-6-18(12-16)30-3/h4-12H,13H2,1-3H3,(H,24,27). The molecule has 0 aliphatic heterocycles. The Bertz CT molecular complexity index is 1420. The second-order valence-corrected chi connectivity index (χ2v) is 8.99. The third kappa shape index (κ3) is 4.08. The number of rotatable bonds is 5. The first-order valence-corrected chi connectivity index (χ1v) is 11.7. The van der Waals surface area contributed by atoms with Gasteiger partial charge in [0.15, 0.2) is 0 Å². The van der Waals surface area contributed by atoms with Crippen molar-refractivity contribution >= 4 is 44.9 Å². The van der Waals surface area contributed by atoms with Gasteiger partial charge in [-0.1, -0.05) is 12.1 Å². The van der Waals surface area contributed by atoms with E-state index in [-0.39, 0.29) is 18.0 Å². The summed E-state index contributed by atoms with van der Waals surface area (Å²) in [5.41, 5.74) is 2.77. The fourth-order valence-electron chi connectivity index (χ4n) is 3.38. The van der Waals surface area contributed by atoms with Crippen molar-refractivity contribution < 1.29 is 4.79 Å². The Morgan fingerprint density at radius 2 is 1.87 bits per heavy atom. The quantitative estimate of drug-likeness (QED) is 0.462. The molecule has 0 unspecified atom stereocenters. The molecule has 0 bridgehead atoms. The third-order valence-corrected chi connectivity index (χ3v) is 6.78. The van der Waals surface area contributed by atoms with E-state index in [1.54, 1.807) is 35.3 Å². The van der Waals surface area contributed by atoms with E-state index in [4.69, 9.17) is 0 Å². The first kappa shape index (κ1) is 21.1. The summed E-state index contributed by atoms with van der Waals surface area (Å²) in [5.74, 6) is -0.335. The molecule has 1 N–H and O–H groups in total. The summed E-state index contributed by atoms with van der Waals surface area (Å²) in [6.45, 7) is 3.71. The number of nitrogens with one attached hydrogen (secondary N) is 1. The molecule has 158 valence electrons. The van der Waals surface area contributed by atoms with Gasteiger partial charge in [0.05, 0.1) is 11.2 Å². The minimum Gasteiger partial charge on any atom is -0.324 e. The Balaban J connectivity index is 1.78. The average molecular weight is 452 g/mol. The lowest BCUT2D eigenvalue weighted by Gasteiger charge is -2.13. The fraction of sp³-hybridized carbons (Fsp3) is 0.174. The van der Waals surface area contributed by atoms with E-state index in [2.05, 4.69) is 5.32 Å². The summed E-state index contributed by atoms with van der Waals surface area (Å²) >= 11 is 2.84. The Morgan fingerprint density at radius 3 is 2.61 bits per heavy atom. The van der Waals surface area contributed by atoms with Crippen LogP contribution in [-0.2, 0) is 11.3 Å². The predicted octanol–water partition coefficient (Wildman–Crippen LogP) is 4.19. The monoisotopic (exact) mass is 451 g/mol. The van der Waals surface area contributed by atoms with Crippen LogP contribution in [0.3, 0.4) is 0 Å². The highest BCUT2D eigenvalue weighted by atomic mass is 32.2. The Kier molecular flexibility index (Phi) is 5.84. The van der Waals surface area contributed by atoms with E-state index in [0.717, 1.165) is 20.6 Å². The largest absolute Gasteiger partial charge is 0.336 e. The molecule has 0 aliphatic carbocycles. The van der Waals surface area contributed by atoms with Crippen LogP contribution in [0.5, 0.6) is 0 Å². The zero-order valence-electron chi connectivity index (χ0n) is 17.3. The first-order chi connectivity index (χ1) is 14.9. The molecular formula is C23H21N3O3S2. The van der Waals surface area contributed by atoms with E-state index < -0.39 is 5.69 Å². The number of aromatic nitrogens is 2. The highest BCUT2D eigenvalue weighted by Crippen LogP contribution is 2.20. The molecule has 31 heavy (non-hydrogen) atoms. The number of amides is 1. The fourth-order valence-corrected chi connectivity index (χ4v) is 4.66. The molecular weight excluding hydrogens is 430 g/mol. The molecule has 0 radical (unpaired) electrons. The number of anilines is 1. The topological polar surface area (TPSA) is 73.1 Å². The molecule has 6 nitrogen and oxygen atoms in total. The highest BCUT2D eigenvalue weighted by Gasteiger charge is 2.18. The van der Waals surface area contributed by atoms with Crippen molar-refractivity contribution in [1.29, 1.82) is 0 Å². The van der Waals surface area contributed by atoms with Crippen molar-refractivity contribution in [2.24, 2.45) is 0 Å². The minimum absolute atomic E-state index is 0.194. The van der Waals surface area contributed by atoms with E-state index in [1.165, 1.54) is 15.9 Å². The van der Waals surface area contributed by atoms with E-state index >= 15 is 0 Å². The van der Waals surface area contributed by atoms with Gasteiger partial charge >= 0.3 is 5.69 Å². The zero-order valence-corrected chi connectivity index (χ0v) is 19.0. The second kappa shape index (κ2) is 8.56. The number of hydrogen-bond donors (Lipinski definition) is 1. The van der Waals surface area contributed by atoms with E-state index in [1.807, 2.05) is 50.4 Å². The van der Waals surface area contributed by atoms with Crippen LogP contribution in [0.4, 0.5) is 5.69 Å². The number of nitrogens with zero attached hydrogens (tertiary/aromatic N) is 2. The second-order valence-electron chi connectivity index (χ2n) is 7.19. The molecule has 2 aromatic carbocycles. The van der Waals surface area contributed by atoms with Gasteiger partial charge < -0.3 is 5.32 Å². The summed E-state index contributed by atoms with van der Waals surface area (Å²) in [6.07, 6.45) is 1.96. The molecule has 0 atom stereocenters. The van der Waals surface area contributed by atoms with Crippen molar-refractivity contribution in [2.75, 3.05) is 11.6 Å². The van der Waals surface area contributed by atoms with Gasteiger partial charge in [-0.25, -0.2) is 9.36 Å². The molecule has 0 saturated heterocycles. The zero-order chi connectivity index (χ0) is 22.1. The number of thiophene rings is 1. The number of carbonyl (C=O) groups is 1. The summed E-state index contributed by atoms with van der Waals surface area (Å²) in [7, 11) is 0. The van der Waals surface area contributed by atoms with Crippen molar-refractivity contribution in [3.8, 4) is 5.69 Å². The Hall–Kier alpha value is -3.10. The van der Waals surface area contributed by atoms with Crippen molar-refractivity contribution in [3.63, 3.8) is 0 Å². The molecule has 8 heteroatoms. The molecule has 0 aliphatic rings. The SMILES string of the molecule is CSc1cccc(NC(=O)Cn2c(=O)n(-c3ccc(C)c(C)c3)c(=O)c3sccc32)c1. The van der Waals surface area contributed by atoms with Crippen molar-refractivity contribution in [2.45, 2.75) is 25.3 Å². The van der Waals surface area contributed by atoms with Crippen molar-refractivity contribution in [3.05, 3.63) is 85.9 Å². The van der Waals surface area contributed by atoms with Crippen LogP contribution < -0.4 is 16.6 Å². The lowest BCUT2D eigenvalue weighted by Crippen LogP contribution is -2.40. The number of carbonyl (C=O) groups excluding carboxylic acids is 1. The maximum atomic E-state index is 13.3. The molecule has 2 aromatic heterocycles. The van der Waals surface area contributed by atoms with Crippen LogP contribution >= 0.6 is 23.1 Å². The highest BCUT2D eigenvalue weighted by molar-refractivity contribution is 7.98.